The summed E-state index contributed by atoms with van der Waals surface area (Å²) in [6.07, 6.45) is 6.97. The van der Waals surface area contributed by atoms with Crippen molar-refractivity contribution in [1.29, 1.82) is 0 Å². The lowest BCUT2D eigenvalue weighted by Gasteiger charge is -2.41. The molecule has 14 nitrogen and oxygen atoms in total. The summed E-state index contributed by atoms with van der Waals surface area (Å²) in [5.74, 6) is -1.92. The topological polar surface area (TPSA) is 152 Å². The average Bonchev–Trinajstić information content (AvgIpc) is 4.06. The second kappa shape index (κ2) is 15.8. The molecular formula is C45H51ClF2N10O4. The molecule has 2 amide bonds. The molecule has 4 atom stereocenters. The van der Waals surface area contributed by atoms with E-state index in [0.29, 0.717) is 76.8 Å². The third-order valence-corrected chi connectivity index (χ3v) is 14.3. The summed E-state index contributed by atoms with van der Waals surface area (Å²) in [7, 11) is 3.53. The van der Waals surface area contributed by atoms with Crippen molar-refractivity contribution in [2.75, 3.05) is 54.9 Å². The zero-order valence-corrected chi connectivity index (χ0v) is 35.9. The summed E-state index contributed by atoms with van der Waals surface area (Å²) < 4.78 is 39.2. The molecule has 7 heterocycles. The molecule has 0 radical (unpaired) electrons. The molecule has 0 spiro atoms. The number of carbonyl (C=O) groups is 2. The van der Waals surface area contributed by atoms with Crippen molar-refractivity contribution in [3.8, 4) is 5.75 Å². The summed E-state index contributed by atoms with van der Waals surface area (Å²) in [6, 6.07) is 10.8. The number of halogens is 3. The van der Waals surface area contributed by atoms with Crippen LogP contribution < -0.4 is 31.1 Å². The minimum absolute atomic E-state index is 0.104. The number of amides is 2. The normalized spacial score (nSPS) is 24.6. The Labute approximate surface area is 362 Å². The van der Waals surface area contributed by atoms with E-state index in [9.17, 15) is 14.4 Å². The van der Waals surface area contributed by atoms with Crippen molar-refractivity contribution in [2.24, 2.45) is 31.8 Å². The number of benzene rings is 2. The Bertz CT molecular complexity index is 2660. The van der Waals surface area contributed by atoms with Crippen LogP contribution in [0.25, 0.3) is 21.8 Å². The maximum absolute atomic E-state index is 15.2. The van der Waals surface area contributed by atoms with Gasteiger partial charge in [-0.25, -0.2) is 13.8 Å². The number of alkyl halides is 2. The third-order valence-electron chi connectivity index (χ3n) is 14.0. The van der Waals surface area contributed by atoms with Gasteiger partial charge >= 0.3 is 5.92 Å². The Balaban J connectivity index is 0.777. The van der Waals surface area contributed by atoms with Crippen LogP contribution in [0.5, 0.6) is 5.75 Å². The van der Waals surface area contributed by atoms with Gasteiger partial charge in [-0.1, -0.05) is 30.7 Å². The van der Waals surface area contributed by atoms with Gasteiger partial charge in [0.05, 0.1) is 40.6 Å². The van der Waals surface area contributed by atoms with Gasteiger partial charge in [-0.3, -0.25) is 24.4 Å². The first-order valence-corrected chi connectivity index (χ1v) is 22.2. The van der Waals surface area contributed by atoms with E-state index in [1.807, 2.05) is 23.9 Å². The zero-order chi connectivity index (χ0) is 43.0. The summed E-state index contributed by atoms with van der Waals surface area (Å²) in [5, 5.41) is 15.5. The molecule has 0 bridgehead atoms. The highest BCUT2D eigenvalue weighted by Crippen LogP contribution is 2.46. The number of aryl methyl sites for hydroxylation is 2. The van der Waals surface area contributed by atoms with Crippen LogP contribution in [-0.2, 0) is 23.7 Å². The van der Waals surface area contributed by atoms with Crippen LogP contribution in [0.4, 0.5) is 31.9 Å². The molecule has 1 saturated carbocycles. The lowest BCUT2D eigenvalue weighted by molar-refractivity contribution is -0.134. The lowest BCUT2D eigenvalue weighted by Crippen LogP contribution is -2.45. The van der Waals surface area contributed by atoms with E-state index in [4.69, 9.17) is 26.4 Å². The molecule has 62 heavy (non-hydrogen) atoms. The number of piperidine rings is 3. The minimum atomic E-state index is -3.13. The fraction of sp³-hybridized carbons (Fsp3) is 0.511. The molecule has 17 heteroatoms. The number of nitrogens with zero attached hydrogens (tertiary/aromatic N) is 7. The smallest absolute Gasteiger partial charge is 0.301 e. The minimum Gasteiger partial charge on any atom is -0.480 e. The van der Waals surface area contributed by atoms with Gasteiger partial charge in [0, 0.05) is 56.6 Å². The number of ether oxygens (including phenoxy) is 1. The first-order chi connectivity index (χ1) is 29.8. The fourth-order valence-electron chi connectivity index (χ4n) is 10.2. The molecule has 326 valence electrons. The molecular weight excluding hydrogens is 818 g/mol. The Morgan fingerprint density at radius 3 is 2.53 bits per heavy atom. The molecule has 10 rings (SSSR count). The lowest BCUT2D eigenvalue weighted by atomic mass is 9.84. The summed E-state index contributed by atoms with van der Waals surface area (Å²) in [6.45, 7) is 6.17. The number of hydrogen-bond acceptors (Lipinski definition) is 11. The van der Waals surface area contributed by atoms with Crippen LogP contribution in [0.2, 0.25) is 5.02 Å². The zero-order valence-electron chi connectivity index (χ0n) is 35.1. The Morgan fingerprint density at radius 1 is 0.968 bits per heavy atom. The van der Waals surface area contributed by atoms with Crippen LogP contribution in [0.3, 0.4) is 0 Å². The van der Waals surface area contributed by atoms with E-state index in [-0.39, 0.29) is 29.2 Å². The van der Waals surface area contributed by atoms with Gasteiger partial charge in [-0.2, -0.15) is 10.1 Å². The van der Waals surface area contributed by atoms with Crippen molar-refractivity contribution < 1.29 is 23.1 Å². The van der Waals surface area contributed by atoms with E-state index in [2.05, 4.69) is 55.9 Å². The van der Waals surface area contributed by atoms with Gasteiger partial charge in [0.1, 0.15) is 5.02 Å². The molecule has 4 fully saturated rings. The molecule has 3 saturated heterocycles. The van der Waals surface area contributed by atoms with Crippen molar-refractivity contribution in [2.45, 2.75) is 75.7 Å². The first kappa shape index (κ1) is 40.7. The third kappa shape index (κ3) is 7.52. The molecule has 4 aliphatic heterocycles. The van der Waals surface area contributed by atoms with Gasteiger partial charge in [-0.05, 0) is 105 Å². The number of pyridine rings is 1. The molecule has 5 aliphatic rings. The maximum Gasteiger partial charge on any atom is 0.301 e. The van der Waals surface area contributed by atoms with Crippen molar-refractivity contribution >= 4 is 68.4 Å². The highest BCUT2D eigenvalue weighted by atomic mass is 35.5. The van der Waals surface area contributed by atoms with Gasteiger partial charge in [-0.15, -0.1) is 0 Å². The molecule has 3 aromatic heterocycles. The average molecular weight is 869 g/mol. The van der Waals surface area contributed by atoms with Crippen LogP contribution in [0, 0.1) is 17.8 Å². The second-order valence-electron chi connectivity index (χ2n) is 18.1. The number of imide groups is 1. The van der Waals surface area contributed by atoms with Crippen LogP contribution in [-0.4, -0.2) is 92.3 Å². The van der Waals surface area contributed by atoms with E-state index >= 15 is 8.78 Å². The number of aromatic nitrogens is 5. The number of rotatable bonds is 8. The van der Waals surface area contributed by atoms with Gasteiger partial charge in [0.2, 0.25) is 23.5 Å². The molecule has 3 N–H and O–H groups in total. The van der Waals surface area contributed by atoms with Crippen LogP contribution in [0.1, 0.15) is 75.0 Å². The maximum atomic E-state index is 15.2. The Kier molecular flexibility index (Phi) is 10.4. The van der Waals surface area contributed by atoms with Crippen LogP contribution >= 0.6 is 11.6 Å². The van der Waals surface area contributed by atoms with Gasteiger partial charge in [0.25, 0.3) is 5.56 Å². The summed E-state index contributed by atoms with van der Waals surface area (Å²) in [4.78, 5) is 51.9. The van der Waals surface area contributed by atoms with E-state index in [1.165, 1.54) is 10.1 Å². The molecule has 2 aromatic carbocycles. The fourth-order valence-corrected chi connectivity index (χ4v) is 10.4. The highest BCUT2D eigenvalue weighted by Gasteiger charge is 2.51. The second-order valence-corrected chi connectivity index (χ2v) is 18.5. The monoisotopic (exact) mass is 868 g/mol. The van der Waals surface area contributed by atoms with Gasteiger partial charge < -0.3 is 29.7 Å². The number of likely N-dealkylation sites (tertiary alicyclic amines) is 1. The largest absolute Gasteiger partial charge is 0.480 e. The summed E-state index contributed by atoms with van der Waals surface area (Å²) in [5.41, 5.74) is 4.07. The number of carbonyl (C=O) groups excluding carboxylic acids is 2. The number of hydrogen-bond donors (Lipinski definition) is 3. The van der Waals surface area contributed by atoms with Crippen molar-refractivity contribution in [1.82, 2.24) is 34.5 Å². The Hall–Kier alpha value is -5.35. The molecule has 5 aromatic rings. The quantitative estimate of drug-likeness (QED) is 0.143. The predicted octanol–water partition coefficient (Wildman–Crippen LogP) is 6.69. The predicted molar refractivity (Wildman–Crippen MR) is 234 cm³/mol. The van der Waals surface area contributed by atoms with E-state index in [1.54, 1.807) is 19.3 Å². The Morgan fingerprint density at radius 2 is 1.77 bits per heavy atom. The number of nitrogens with one attached hydrogen (secondary N) is 3. The van der Waals surface area contributed by atoms with Crippen molar-refractivity contribution in [3.05, 3.63) is 69.2 Å². The summed E-state index contributed by atoms with van der Waals surface area (Å²) >= 11 is 6.66. The van der Waals surface area contributed by atoms with E-state index in [0.717, 1.165) is 68.6 Å². The van der Waals surface area contributed by atoms with Crippen LogP contribution in [0.15, 0.2) is 47.4 Å². The number of fused-ring (bicyclic) bond motifs is 4. The van der Waals surface area contributed by atoms with Crippen molar-refractivity contribution in [3.63, 3.8) is 0 Å². The highest BCUT2D eigenvalue weighted by molar-refractivity contribution is 6.33. The van der Waals surface area contributed by atoms with Gasteiger partial charge in [0.15, 0.2) is 12.4 Å². The molecule has 1 aliphatic carbocycles. The molecule has 1 unspecified atom stereocenters. The van der Waals surface area contributed by atoms with E-state index < -0.39 is 30.0 Å². The first-order valence-electron chi connectivity index (χ1n) is 21.8. The number of anilines is 4. The SMILES string of the molecule is C[C@H]1CN(c2ncc(Cl)c(Nc3ccc4c(c3)c3c(c(=O)n4C)OCC(F)(F)[C@H](C4CC4)N3)n2)CC[C@@H]1CN1CCC(c2ccc3c(C4CCC(=O)NC4=O)nn(C)c3c2)CC1. The standard InChI is InChI=1S/C45H51ClF2N10O4/c1-24-21-58(17-14-28(24)22-57-15-12-25(13-16-57)27-6-8-30-35(18-27)56(3)54-37(30)31-9-11-36(59)51-42(31)60)44-49-20-33(46)41(53-44)50-29-7-10-34-32(19-29)38-39(43(61)55(34)2)62-23-45(47,48)40(52-38)26-4-5-26/h6-8,10,18-20,24-26,28,31,40,52H,4-5,9,11-17,21-23H2,1-3H3,(H,49,50,53)(H,51,59,60)/t24-,28+,31?,40-/m0/s1.